The molecule has 1 atom stereocenters. The molecule has 29 heavy (non-hydrogen) atoms. The van der Waals surface area contributed by atoms with Crippen molar-refractivity contribution >= 4 is 62.1 Å². The number of aryl methyl sites for hydroxylation is 1. The van der Waals surface area contributed by atoms with Crippen LogP contribution in [0.3, 0.4) is 0 Å². The number of rotatable bonds is 5. The van der Waals surface area contributed by atoms with Gasteiger partial charge in [0.1, 0.15) is 4.88 Å². The molecule has 0 radical (unpaired) electrons. The van der Waals surface area contributed by atoms with Gasteiger partial charge in [-0.1, -0.05) is 30.1 Å². The van der Waals surface area contributed by atoms with Crippen LogP contribution in [0.2, 0.25) is 10.0 Å². The molecule has 7 nitrogen and oxygen atoms in total. The largest absolute Gasteiger partial charge is 0.451 e. The monoisotopic (exact) mass is 476 g/mol. The van der Waals surface area contributed by atoms with Gasteiger partial charge in [-0.05, 0) is 48.9 Å². The van der Waals surface area contributed by atoms with Gasteiger partial charge in [-0.2, -0.15) is 0 Å². The van der Waals surface area contributed by atoms with E-state index in [1.54, 1.807) is 0 Å². The molecule has 0 saturated heterocycles. The number of ether oxygens (including phenoxy) is 1. The van der Waals surface area contributed by atoms with Gasteiger partial charge in [0, 0.05) is 4.88 Å². The Kier molecular flexibility index (Phi) is 6.54. The van der Waals surface area contributed by atoms with Gasteiger partial charge in [0.05, 0.1) is 20.6 Å². The van der Waals surface area contributed by atoms with Crippen molar-refractivity contribution < 1.29 is 22.7 Å². The van der Waals surface area contributed by atoms with Gasteiger partial charge in [0.25, 0.3) is 5.91 Å². The fraction of sp³-hybridized carbons (Fsp3) is 0.333. The number of hydrogen-bond donors (Lipinski definition) is 2. The Balaban J connectivity index is 1.62. The van der Waals surface area contributed by atoms with Crippen LogP contribution in [0.5, 0.6) is 0 Å². The highest BCUT2D eigenvalue weighted by Gasteiger charge is 2.22. The van der Waals surface area contributed by atoms with Crippen molar-refractivity contribution in [2.45, 2.75) is 31.1 Å². The van der Waals surface area contributed by atoms with E-state index in [-0.39, 0.29) is 20.6 Å². The molecule has 11 heteroatoms. The first-order valence-electron chi connectivity index (χ1n) is 8.65. The van der Waals surface area contributed by atoms with Gasteiger partial charge >= 0.3 is 5.97 Å². The molecule has 1 unspecified atom stereocenters. The molecule has 1 aliphatic rings. The predicted octanol–water partition coefficient (Wildman–Crippen LogP) is 3.62. The molecule has 3 N–H and O–H groups in total. The van der Waals surface area contributed by atoms with Gasteiger partial charge < -0.3 is 10.1 Å². The number of anilines is 1. The number of esters is 1. The van der Waals surface area contributed by atoms with Crippen LogP contribution in [0.4, 0.5) is 5.69 Å². The molecule has 1 aromatic carbocycles. The van der Waals surface area contributed by atoms with Crippen LogP contribution in [0.15, 0.2) is 23.1 Å². The molecule has 0 aliphatic heterocycles. The fourth-order valence-corrected chi connectivity index (χ4v) is 5.40. The Labute approximate surface area is 182 Å². The number of nitrogens with two attached hydrogens (primary N) is 1. The van der Waals surface area contributed by atoms with E-state index in [1.807, 2.05) is 6.07 Å². The molecular weight excluding hydrogens is 459 g/mol. The number of carbonyl (C=O) groups is 2. The summed E-state index contributed by atoms with van der Waals surface area (Å²) in [6.45, 7) is 1.64. The normalized spacial score (nSPS) is 16.2. The zero-order valence-corrected chi connectivity index (χ0v) is 18.5. The summed E-state index contributed by atoms with van der Waals surface area (Å²) in [5, 5.41) is 7.22. The lowest BCUT2D eigenvalue weighted by atomic mass is 9.90. The third-order valence-electron chi connectivity index (χ3n) is 4.47. The van der Waals surface area contributed by atoms with E-state index in [9.17, 15) is 18.0 Å². The number of carbonyl (C=O) groups excluding carboxylic acids is 2. The molecular formula is C18H18Cl2N2O5S2. The molecule has 0 fully saturated rings. The summed E-state index contributed by atoms with van der Waals surface area (Å²) in [6.07, 6.45) is 2.97. The first kappa shape index (κ1) is 22.0. The Morgan fingerprint density at radius 2 is 1.93 bits per heavy atom. The zero-order chi connectivity index (χ0) is 21.3. The second kappa shape index (κ2) is 8.61. The predicted molar refractivity (Wildman–Crippen MR) is 112 cm³/mol. The molecule has 1 heterocycles. The number of halogens is 2. The maximum Gasteiger partial charge on any atom is 0.348 e. The van der Waals surface area contributed by atoms with Gasteiger partial charge in [-0.3, -0.25) is 4.79 Å². The van der Waals surface area contributed by atoms with E-state index < -0.39 is 28.5 Å². The molecule has 1 aromatic heterocycles. The third-order valence-corrected chi connectivity index (χ3v) is 7.18. The lowest BCUT2D eigenvalue weighted by Gasteiger charge is -2.16. The first-order chi connectivity index (χ1) is 13.5. The number of fused-ring (bicyclic) bond motifs is 1. The van der Waals surface area contributed by atoms with Crippen molar-refractivity contribution in [3.8, 4) is 0 Å². The van der Waals surface area contributed by atoms with Gasteiger partial charge in [0.2, 0.25) is 10.0 Å². The van der Waals surface area contributed by atoms with Crippen molar-refractivity contribution in [1.82, 2.24) is 0 Å². The molecule has 156 valence electrons. The number of primary sulfonamides is 1. The van der Waals surface area contributed by atoms with Crippen LogP contribution in [-0.2, 0) is 32.4 Å². The van der Waals surface area contributed by atoms with Crippen molar-refractivity contribution in [2.24, 2.45) is 11.1 Å². The number of thiophene rings is 1. The molecule has 2 aromatic rings. The molecule has 0 spiro atoms. The Morgan fingerprint density at radius 3 is 2.55 bits per heavy atom. The third kappa shape index (κ3) is 5.29. The molecule has 1 aliphatic carbocycles. The molecule has 1 amide bonds. The van der Waals surface area contributed by atoms with Gasteiger partial charge in [-0.15, -0.1) is 11.3 Å². The molecule has 3 rings (SSSR count). The Hall–Kier alpha value is -1.65. The van der Waals surface area contributed by atoms with E-state index in [0.29, 0.717) is 10.8 Å². The summed E-state index contributed by atoms with van der Waals surface area (Å²) in [7, 11) is -4.00. The standard InChI is InChI=1S/C18H18Cl2N2O5S2/c1-9-2-3-14-10(4-9)5-15(28-14)18(24)27-8-16(23)22-17-12(19)6-11(7-13(17)20)29(21,25)26/h5-7,9H,2-4,8H2,1H3,(H,22,23)(H2,21,25,26). The van der Waals surface area contributed by atoms with E-state index in [4.69, 9.17) is 33.1 Å². The summed E-state index contributed by atoms with van der Waals surface area (Å²) >= 11 is 13.4. The summed E-state index contributed by atoms with van der Waals surface area (Å²) in [4.78, 5) is 25.8. The minimum absolute atomic E-state index is 0.00218. The average molecular weight is 477 g/mol. The van der Waals surface area contributed by atoms with E-state index in [1.165, 1.54) is 21.8 Å². The number of amides is 1. The number of benzene rings is 1. The number of sulfonamides is 1. The SMILES string of the molecule is CC1CCc2sc(C(=O)OCC(=O)Nc3c(Cl)cc(S(N)(=O)=O)cc3Cl)cc2C1. The minimum Gasteiger partial charge on any atom is -0.451 e. The van der Waals surface area contributed by atoms with E-state index in [0.717, 1.165) is 31.4 Å². The van der Waals surface area contributed by atoms with Crippen LogP contribution in [0.1, 0.15) is 33.5 Å². The Morgan fingerprint density at radius 1 is 1.28 bits per heavy atom. The summed E-state index contributed by atoms with van der Waals surface area (Å²) < 4.78 is 27.9. The average Bonchev–Trinajstić information content (AvgIpc) is 3.05. The maximum atomic E-state index is 12.3. The Bertz CT molecular complexity index is 1060. The van der Waals surface area contributed by atoms with Gasteiger partial charge in [0.15, 0.2) is 6.61 Å². The van der Waals surface area contributed by atoms with Crippen LogP contribution < -0.4 is 10.5 Å². The van der Waals surface area contributed by atoms with E-state index in [2.05, 4.69) is 12.2 Å². The van der Waals surface area contributed by atoms with Crippen molar-refractivity contribution in [2.75, 3.05) is 11.9 Å². The first-order valence-corrected chi connectivity index (χ1v) is 11.8. The quantitative estimate of drug-likeness (QED) is 0.639. The van der Waals surface area contributed by atoms with Gasteiger partial charge in [-0.25, -0.2) is 18.4 Å². The summed E-state index contributed by atoms with van der Waals surface area (Å²) in [6, 6.07) is 3.97. The number of hydrogen-bond acceptors (Lipinski definition) is 6. The van der Waals surface area contributed by atoms with Crippen molar-refractivity contribution in [1.29, 1.82) is 0 Å². The minimum atomic E-state index is -4.00. The van der Waals surface area contributed by atoms with Crippen molar-refractivity contribution in [3.63, 3.8) is 0 Å². The van der Waals surface area contributed by atoms with Crippen LogP contribution in [0, 0.1) is 5.92 Å². The summed E-state index contributed by atoms with van der Waals surface area (Å²) in [5.74, 6) is -0.656. The topological polar surface area (TPSA) is 116 Å². The maximum absolute atomic E-state index is 12.3. The highest BCUT2D eigenvalue weighted by atomic mass is 35.5. The smallest absolute Gasteiger partial charge is 0.348 e. The molecule has 0 saturated carbocycles. The highest BCUT2D eigenvalue weighted by Crippen LogP contribution is 2.34. The fourth-order valence-electron chi connectivity index (χ4n) is 3.02. The van der Waals surface area contributed by atoms with E-state index >= 15 is 0 Å². The zero-order valence-electron chi connectivity index (χ0n) is 15.3. The lowest BCUT2D eigenvalue weighted by molar-refractivity contribution is -0.119. The lowest BCUT2D eigenvalue weighted by Crippen LogP contribution is -2.21. The number of nitrogens with one attached hydrogen (secondary N) is 1. The highest BCUT2D eigenvalue weighted by molar-refractivity contribution is 7.89. The second-order valence-electron chi connectivity index (χ2n) is 6.84. The summed E-state index contributed by atoms with van der Waals surface area (Å²) in [5.41, 5.74) is 1.17. The molecule has 0 bridgehead atoms. The van der Waals surface area contributed by atoms with Crippen LogP contribution >= 0.6 is 34.5 Å². The van der Waals surface area contributed by atoms with Crippen molar-refractivity contribution in [3.05, 3.63) is 43.6 Å². The van der Waals surface area contributed by atoms with Crippen LogP contribution in [-0.4, -0.2) is 26.9 Å². The van der Waals surface area contributed by atoms with Crippen LogP contribution in [0.25, 0.3) is 0 Å². The second-order valence-corrected chi connectivity index (χ2v) is 10.4.